The zero-order valence-corrected chi connectivity index (χ0v) is 11.5. The van der Waals surface area contributed by atoms with Crippen LogP contribution in [0.4, 0.5) is 0 Å². The predicted molar refractivity (Wildman–Crippen MR) is 76.7 cm³/mol. The molecule has 0 aromatic heterocycles. The van der Waals surface area contributed by atoms with E-state index >= 15 is 0 Å². The number of aliphatic carboxylic acids is 1. The fourth-order valence-electron chi connectivity index (χ4n) is 1.61. The molecule has 1 unspecified atom stereocenters. The number of nitrogens with one attached hydrogen (secondary N) is 1. The molecule has 100 valence electrons. The Morgan fingerprint density at radius 2 is 1.95 bits per heavy atom. The summed E-state index contributed by atoms with van der Waals surface area (Å²) in [5.41, 5.74) is 0. The van der Waals surface area contributed by atoms with Crippen molar-refractivity contribution in [1.82, 2.24) is 5.09 Å². The lowest BCUT2D eigenvalue weighted by molar-refractivity contribution is -0.135. The first-order chi connectivity index (χ1) is 8.98. The van der Waals surface area contributed by atoms with E-state index in [4.69, 9.17) is 21.4 Å². The molecule has 0 amide bonds. The van der Waals surface area contributed by atoms with Crippen LogP contribution >= 0.6 is 6.64 Å². The smallest absolute Gasteiger partial charge is 0.317 e. The van der Waals surface area contributed by atoms with E-state index in [-0.39, 0.29) is 0 Å². The van der Waals surface area contributed by atoms with Gasteiger partial charge in [-0.1, -0.05) is 36.4 Å². The van der Waals surface area contributed by atoms with Crippen molar-refractivity contribution < 1.29 is 19.3 Å². The first kappa shape index (κ1) is 14.0. The van der Waals surface area contributed by atoms with Gasteiger partial charge in [0.15, 0.2) is 0 Å². The Hall–Kier alpha value is -1.46. The quantitative estimate of drug-likeness (QED) is 0.734. The van der Waals surface area contributed by atoms with E-state index in [0.29, 0.717) is 5.75 Å². The average Bonchev–Trinajstić information content (AvgIpc) is 2.37. The third kappa shape index (κ3) is 3.75. The summed E-state index contributed by atoms with van der Waals surface area (Å²) >= 11 is 4.88. The molecule has 0 aliphatic carbocycles. The molecule has 3 N–H and O–H groups in total. The minimum Gasteiger partial charge on any atom is -0.480 e. The van der Waals surface area contributed by atoms with Crippen molar-refractivity contribution in [3.8, 4) is 5.75 Å². The standard InChI is InChI=1S/C12H12NO4PS/c14-12(15)8-13-18(16,19)17-11-7-3-5-9-4-1-2-6-10(9)11/h1-7H,8H2,(H,14,15)(H2,13,16,19). The SMILES string of the molecule is O=C(O)CNP(O)(=S)Oc1cccc2ccccc12. The molecule has 1 atom stereocenters. The second-order valence-corrected chi connectivity index (χ2v) is 6.84. The summed E-state index contributed by atoms with van der Waals surface area (Å²) in [6, 6.07) is 12.9. The molecule has 0 saturated heterocycles. The predicted octanol–water partition coefficient (Wildman–Crippen LogP) is 2.11. The van der Waals surface area contributed by atoms with Gasteiger partial charge in [-0.05, 0) is 23.3 Å². The van der Waals surface area contributed by atoms with E-state index in [9.17, 15) is 9.69 Å². The molecule has 19 heavy (non-hydrogen) atoms. The van der Waals surface area contributed by atoms with Gasteiger partial charge in [0.25, 0.3) is 0 Å². The van der Waals surface area contributed by atoms with E-state index in [0.717, 1.165) is 10.8 Å². The van der Waals surface area contributed by atoms with Gasteiger partial charge in [-0.2, -0.15) is 0 Å². The van der Waals surface area contributed by atoms with Crippen LogP contribution in [-0.4, -0.2) is 22.5 Å². The molecule has 0 saturated carbocycles. The van der Waals surface area contributed by atoms with Gasteiger partial charge in [-0.25, -0.2) is 5.09 Å². The van der Waals surface area contributed by atoms with Crippen molar-refractivity contribution >= 4 is 35.2 Å². The highest BCUT2D eigenvalue weighted by molar-refractivity contribution is 8.08. The van der Waals surface area contributed by atoms with Crippen LogP contribution in [-0.2, 0) is 16.6 Å². The second-order valence-electron chi connectivity index (χ2n) is 3.82. The zero-order chi connectivity index (χ0) is 13.9. The normalized spacial score (nSPS) is 13.9. The highest BCUT2D eigenvalue weighted by Crippen LogP contribution is 2.41. The van der Waals surface area contributed by atoms with Crippen molar-refractivity contribution in [3.63, 3.8) is 0 Å². The number of carboxylic acids is 1. The Balaban J connectivity index is 2.26. The summed E-state index contributed by atoms with van der Waals surface area (Å²) in [7, 11) is 0. The summed E-state index contributed by atoms with van der Waals surface area (Å²) in [4.78, 5) is 20.4. The average molecular weight is 297 g/mol. The first-order valence-corrected chi connectivity index (χ1v) is 8.12. The summed E-state index contributed by atoms with van der Waals surface area (Å²) in [6.45, 7) is -3.82. The van der Waals surface area contributed by atoms with E-state index in [1.54, 1.807) is 12.1 Å². The molecule has 0 heterocycles. The third-order valence-electron chi connectivity index (χ3n) is 2.40. The van der Waals surface area contributed by atoms with Crippen molar-refractivity contribution in [2.75, 3.05) is 6.54 Å². The monoisotopic (exact) mass is 297 g/mol. The van der Waals surface area contributed by atoms with Crippen molar-refractivity contribution in [3.05, 3.63) is 42.5 Å². The Bertz CT molecular complexity index is 656. The highest BCUT2D eigenvalue weighted by atomic mass is 32.5. The van der Waals surface area contributed by atoms with Crippen LogP contribution in [0.5, 0.6) is 5.75 Å². The maximum atomic E-state index is 10.5. The maximum Gasteiger partial charge on any atom is 0.317 e. The lowest BCUT2D eigenvalue weighted by atomic mass is 10.1. The van der Waals surface area contributed by atoms with Gasteiger partial charge in [-0.3, -0.25) is 4.79 Å². The van der Waals surface area contributed by atoms with Crippen molar-refractivity contribution in [2.45, 2.75) is 0 Å². The van der Waals surface area contributed by atoms with Crippen LogP contribution in [0.15, 0.2) is 42.5 Å². The van der Waals surface area contributed by atoms with Crippen LogP contribution in [0.1, 0.15) is 0 Å². The number of hydrogen-bond donors (Lipinski definition) is 3. The number of carboxylic acid groups (broad SMARTS) is 1. The van der Waals surface area contributed by atoms with E-state index in [1.165, 1.54) is 0 Å². The molecule has 0 fully saturated rings. The summed E-state index contributed by atoms with van der Waals surface area (Å²) in [6.07, 6.45) is 0. The Kier molecular flexibility index (Phi) is 4.17. The minimum atomic E-state index is -3.37. The van der Waals surface area contributed by atoms with Gasteiger partial charge in [-0.15, -0.1) is 0 Å². The molecule has 2 rings (SSSR count). The zero-order valence-electron chi connectivity index (χ0n) is 9.81. The molecule has 0 radical (unpaired) electrons. The highest BCUT2D eigenvalue weighted by Gasteiger charge is 2.17. The maximum absolute atomic E-state index is 10.5. The molecular formula is C12H12NO4PS. The van der Waals surface area contributed by atoms with Gasteiger partial charge in [0.1, 0.15) is 12.3 Å². The molecular weight excluding hydrogens is 285 g/mol. The largest absolute Gasteiger partial charge is 0.480 e. The van der Waals surface area contributed by atoms with Crippen LogP contribution in [0.3, 0.4) is 0 Å². The van der Waals surface area contributed by atoms with Crippen molar-refractivity contribution in [2.24, 2.45) is 0 Å². The van der Waals surface area contributed by atoms with E-state index in [1.807, 2.05) is 30.3 Å². The first-order valence-electron chi connectivity index (χ1n) is 5.45. The van der Waals surface area contributed by atoms with Gasteiger partial charge < -0.3 is 14.5 Å². The van der Waals surface area contributed by atoms with E-state index in [2.05, 4.69) is 5.09 Å². The van der Waals surface area contributed by atoms with Gasteiger partial charge in [0, 0.05) is 5.39 Å². The molecule has 0 aliphatic rings. The third-order valence-corrected chi connectivity index (χ3v) is 4.01. The van der Waals surface area contributed by atoms with Crippen LogP contribution in [0, 0.1) is 0 Å². The Morgan fingerprint density at radius 1 is 1.26 bits per heavy atom. The lowest BCUT2D eigenvalue weighted by Crippen LogP contribution is -2.21. The van der Waals surface area contributed by atoms with Crippen LogP contribution in [0.25, 0.3) is 10.8 Å². The number of rotatable bonds is 5. The molecule has 2 aromatic carbocycles. The second kappa shape index (κ2) is 5.67. The summed E-state index contributed by atoms with van der Waals surface area (Å²) in [5.74, 6) is -0.674. The Morgan fingerprint density at radius 3 is 2.68 bits per heavy atom. The van der Waals surface area contributed by atoms with Crippen LogP contribution in [0.2, 0.25) is 0 Å². The summed E-state index contributed by atoms with van der Waals surface area (Å²) in [5, 5.41) is 12.7. The van der Waals surface area contributed by atoms with Crippen molar-refractivity contribution in [1.29, 1.82) is 0 Å². The molecule has 7 heteroatoms. The molecule has 0 bridgehead atoms. The number of hydrogen-bond acceptors (Lipinski definition) is 3. The molecule has 0 aliphatic heterocycles. The topological polar surface area (TPSA) is 78.8 Å². The number of carbonyl (C=O) groups is 1. The van der Waals surface area contributed by atoms with Crippen LogP contribution < -0.4 is 9.61 Å². The number of fused-ring (bicyclic) bond motifs is 1. The van der Waals surface area contributed by atoms with Gasteiger partial charge in [0.05, 0.1) is 0 Å². The fourth-order valence-corrected chi connectivity index (χ4v) is 2.87. The lowest BCUT2D eigenvalue weighted by Gasteiger charge is -2.18. The fraction of sp³-hybridized carbons (Fsp3) is 0.0833. The molecule has 5 nitrogen and oxygen atoms in total. The Labute approximate surface area is 115 Å². The van der Waals surface area contributed by atoms with Gasteiger partial charge in [0.2, 0.25) is 0 Å². The van der Waals surface area contributed by atoms with E-state index < -0.39 is 19.2 Å². The summed E-state index contributed by atoms with van der Waals surface area (Å²) < 4.78 is 5.37. The number of benzene rings is 2. The molecule has 2 aromatic rings. The molecule has 0 spiro atoms. The minimum absolute atomic E-state index is 0.432. The van der Waals surface area contributed by atoms with Gasteiger partial charge >= 0.3 is 12.6 Å².